The summed E-state index contributed by atoms with van der Waals surface area (Å²) in [6.07, 6.45) is 11.9. The summed E-state index contributed by atoms with van der Waals surface area (Å²) in [6, 6.07) is 11.4. The topological polar surface area (TPSA) is 9.23 Å². The van der Waals surface area contributed by atoms with E-state index >= 15 is 4.39 Å². The molecule has 0 radical (unpaired) electrons. The van der Waals surface area contributed by atoms with Crippen LogP contribution < -0.4 is 4.74 Å². The second-order valence-electron chi connectivity index (χ2n) is 9.65. The smallest absolute Gasteiger partial charge is 0.387 e. The average molecular weight is 503 g/mol. The van der Waals surface area contributed by atoms with Gasteiger partial charge in [-0.15, -0.1) is 0 Å². The zero-order valence-corrected chi connectivity index (χ0v) is 20.4. The molecule has 0 unspecified atom stereocenters. The minimum absolute atomic E-state index is 0.153. The fourth-order valence-corrected chi connectivity index (χ4v) is 5.32. The summed E-state index contributed by atoms with van der Waals surface area (Å²) in [6.45, 7) is -1.27. The molecule has 0 saturated heterocycles. The van der Waals surface area contributed by atoms with Crippen LogP contribution in [0.1, 0.15) is 68.1 Å². The van der Waals surface area contributed by atoms with Crippen LogP contribution >= 0.6 is 0 Å². The molecule has 0 aliphatic heterocycles. The molecule has 1 saturated carbocycles. The van der Waals surface area contributed by atoms with Crippen LogP contribution in [0.3, 0.4) is 0 Å². The number of benzene rings is 3. The van der Waals surface area contributed by atoms with Crippen LogP contribution in [0.25, 0.3) is 10.8 Å². The highest BCUT2D eigenvalue weighted by molar-refractivity contribution is 5.84. The highest BCUT2D eigenvalue weighted by Gasteiger charge is 2.22. The van der Waals surface area contributed by atoms with Crippen molar-refractivity contribution >= 4 is 10.8 Å². The average Bonchev–Trinajstić information content (AvgIpc) is 2.86. The molecule has 192 valence electrons. The van der Waals surface area contributed by atoms with Gasteiger partial charge in [0.25, 0.3) is 0 Å². The maximum atomic E-state index is 15.3. The maximum Gasteiger partial charge on any atom is 0.387 e. The number of ether oxygens (including phenoxy) is 1. The van der Waals surface area contributed by atoms with E-state index < -0.39 is 24.0 Å². The molecule has 0 heterocycles. The third-order valence-corrected chi connectivity index (χ3v) is 7.30. The van der Waals surface area contributed by atoms with E-state index in [1.54, 1.807) is 6.07 Å². The predicted octanol–water partition coefficient (Wildman–Crippen LogP) is 9.27. The number of aryl methyl sites for hydroxylation is 2. The molecular weight excluding hydrogens is 471 g/mol. The Bertz CT molecular complexity index is 1190. The first kappa shape index (κ1) is 26.2. The second-order valence-corrected chi connectivity index (χ2v) is 9.65. The van der Waals surface area contributed by atoms with Gasteiger partial charge in [-0.25, -0.2) is 13.2 Å². The van der Waals surface area contributed by atoms with Crippen molar-refractivity contribution in [3.8, 4) is 5.75 Å². The first-order chi connectivity index (χ1) is 17.4. The number of fused-ring (bicyclic) bond motifs is 1. The Labute approximate surface area is 209 Å². The van der Waals surface area contributed by atoms with Gasteiger partial charge in [0.1, 0.15) is 5.82 Å². The minimum Gasteiger partial charge on any atom is -0.429 e. The predicted molar refractivity (Wildman–Crippen MR) is 133 cm³/mol. The monoisotopic (exact) mass is 502 g/mol. The molecule has 0 amide bonds. The number of alkyl halides is 2. The van der Waals surface area contributed by atoms with E-state index in [2.05, 4.69) is 29.9 Å². The van der Waals surface area contributed by atoms with E-state index in [4.69, 9.17) is 0 Å². The highest BCUT2D eigenvalue weighted by atomic mass is 19.3. The summed E-state index contributed by atoms with van der Waals surface area (Å²) in [5.74, 6) is -2.58. The lowest BCUT2D eigenvalue weighted by atomic mass is 9.77. The van der Waals surface area contributed by atoms with Crippen LogP contribution in [-0.2, 0) is 12.8 Å². The van der Waals surface area contributed by atoms with Gasteiger partial charge in [0.2, 0.25) is 0 Å². The van der Waals surface area contributed by atoms with Crippen LogP contribution in [0.2, 0.25) is 0 Å². The molecule has 3 aromatic rings. The lowest BCUT2D eigenvalue weighted by molar-refractivity contribution is -0.0546. The fraction of sp³-hybridized carbons (Fsp3) is 0.400. The van der Waals surface area contributed by atoms with Crippen molar-refractivity contribution in [2.75, 3.05) is 0 Å². The number of hydrogen-bond acceptors (Lipinski definition) is 1. The summed E-state index contributed by atoms with van der Waals surface area (Å²) >= 11 is 0. The molecule has 1 nitrogen and oxygen atoms in total. The molecule has 6 heteroatoms. The Hall–Kier alpha value is -2.89. The quantitative estimate of drug-likeness (QED) is 0.209. The third-order valence-electron chi connectivity index (χ3n) is 7.30. The molecule has 0 atom stereocenters. The number of allylic oxidation sites excluding steroid dienone is 2. The van der Waals surface area contributed by atoms with E-state index in [1.807, 2.05) is 18.2 Å². The second kappa shape index (κ2) is 11.9. The minimum atomic E-state index is -3.32. The normalized spacial score (nSPS) is 18.4. The van der Waals surface area contributed by atoms with Gasteiger partial charge >= 0.3 is 6.61 Å². The molecule has 1 aliphatic carbocycles. The molecule has 4 rings (SSSR count). The molecule has 0 bridgehead atoms. The van der Waals surface area contributed by atoms with Crippen LogP contribution in [0.5, 0.6) is 5.75 Å². The van der Waals surface area contributed by atoms with Gasteiger partial charge in [-0.2, -0.15) is 8.78 Å². The van der Waals surface area contributed by atoms with Crippen molar-refractivity contribution in [1.29, 1.82) is 0 Å². The number of rotatable bonds is 9. The van der Waals surface area contributed by atoms with Gasteiger partial charge < -0.3 is 4.74 Å². The van der Waals surface area contributed by atoms with Crippen molar-refractivity contribution in [3.05, 3.63) is 88.8 Å². The van der Waals surface area contributed by atoms with Gasteiger partial charge in [-0.05, 0) is 104 Å². The van der Waals surface area contributed by atoms with Crippen LogP contribution in [0.15, 0.2) is 54.6 Å². The third kappa shape index (κ3) is 6.26. The van der Waals surface area contributed by atoms with E-state index in [1.165, 1.54) is 24.8 Å². The summed E-state index contributed by atoms with van der Waals surface area (Å²) in [4.78, 5) is 0. The SMILES string of the molecule is C/C=C/CCC1CCC(c2ccc3c(F)c(CCc4cc(F)c(OC(F)F)c(F)c4)ccc3c2)CC1. The standard InChI is InChI=1S/C30H31F5O/c1-2-3-4-5-19-6-9-21(10-7-19)23-14-15-25-24(18-23)13-12-22(28(25)33)11-8-20-16-26(31)29(27(32)17-20)36-30(34)35/h2-3,12-19,21,30H,4-11H2,1H3/b3-2+. The first-order valence-corrected chi connectivity index (χ1v) is 12.6. The van der Waals surface area contributed by atoms with Crippen LogP contribution in [0.4, 0.5) is 22.0 Å². The Morgan fingerprint density at radius 2 is 1.64 bits per heavy atom. The Morgan fingerprint density at radius 3 is 2.31 bits per heavy atom. The van der Waals surface area contributed by atoms with Gasteiger partial charge in [-0.3, -0.25) is 0 Å². The summed E-state index contributed by atoms with van der Waals surface area (Å²) < 4.78 is 71.8. The Morgan fingerprint density at radius 1 is 0.917 bits per heavy atom. The number of hydrogen-bond donors (Lipinski definition) is 0. The van der Waals surface area contributed by atoms with Crippen molar-refractivity contribution < 1.29 is 26.7 Å². The van der Waals surface area contributed by atoms with Crippen LogP contribution in [-0.4, -0.2) is 6.61 Å². The molecule has 0 spiro atoms. The fourth-order valence-electron chi connectivity index (χ4n) is 5.32. The molecule has 36 heavy (non-hydrogen) atoms. The van der Waals surface area contributed by atoms with Gasteiger partial charge in [0, 0.05) is 5.39 Å². The van der Waals surface area contributed by atoms with E-state index in [9.17, 15) is 17.6 Å². The summed E-state index contributed by atoms with van der Waals surface area (Å²) in [5, 5.41) is 1.36. The molecule has 3 aromatic carbocycles. The maximum absolute atomic E-state index is 15.3. The molecular formula is C30H31F5O. The molecule has 0 N–H and O–H groups in total. The van der Waals surface area contributed by atoms with Gasteiger partial charge in [0.15, 0.2) is 17.4 Å². The van der Waals surface area contributed by atoms with Gasteiger partial charge in [-0.1, -0.05) is 42.5 Å². The summed E-state index contributed by atoms with van der Waals surface area (Å²) in [7, 11) is 0. The molecule has 0 aromatic heterocycles. The van der Waals surface area contributed by atoms with Gasteiger partial charge in [0.05, 0.1) is 0 Å². The zero-order valence-electron chi connectivity index (χ0n) is 20.4. The molecule has 1 fully saturated rings. The van der Waals surface area contributed by atoms with Crippen molar-refractivity contribution in [3.63, 3.8) is 0 Å². The Balaban J connectivity index is 1.42. The van der Waals surface area contributed by atoms with E-state index in [-0.39, 0.29) is 24.2 Å². The van der Waals surface area contributed by atoms with E-state index in [0.29, 0.717) is 16.9 Å². The Kier molecular flexibility index (Phi) is 8.65. The lowest BCUT2D eigenvalue weighted by Gasteiger charge is -2.29. The largest absolute Gasteiger partial charge is 0.429 e. The first-order valence-electron chi connectivity index (χ1n) is 12.6. The van der Waals surface area contributed by atoms with Crippen LogP contribution in [0, 0.1) is 23.4 Å². The zero-order chi connectivity index (χ0) is 25.7. The summed E-state index contributed by atoms with van der Waals surface area (Å²) in [5.41, 5.74) is 1.92. The van der Waals surface area contributed by atoms with Crippen molar-refractivity contribution in [2.45, 2.75) is 70.8 Å². The van der Waals surface area contributed by atoms with Crippen molar-refractivity contribution in [2.24, 2.45) is 5.92 Å². The number of halogens is 5. The molecule has 1 aliphatic rings. The van der Waals surface area contributed by atoms with Crippen molar-refractivity contribution in [1.82, 2.24) is 0 Å². The van der Waals surface area contributed by atoms with E-state index in [0.717, 1.165) is 42.7 Å². The highest BCUT2D eigenvalue weighted by Crippen LogP contribution is 2.39. The lowest BCUT2D eigenvalue weighted by Crippen LogP contribution is -2.13.